The first-order valence-electron chi connectivity index (χ1n) is 8.61. The first-order valence-corrected chi connectivity index (χ1v) is 8.61. The van der Waals surface area contributed by atoms with E-state index in [1.54, 1.807) is 37.7 Å². The number of methoxy groups -OCH3 is 2. The average Bonchev–Trinajstić information content (AvgIpc) is 3.12. The fourth-order valence-electron chi connectivity index (χ4n) is 2.95. The molecule has 0 saturated carbocycles. The summed E-state index contributed by atoms with van der Waals surface area (Å²) in [6, 6.07) is 14.8. The normalized spacial score (nSPS) is 10.6. The highest BCUT2D eigenvalue weighted by molar-refractivity contribution is 5.91. The van der Waals surface area contributed by atoms with Gasteiger partial charge < -0.3 is 14.8 Å². The van der Waals surface area contributed by atoms with Crippen molar-refractivity contribution in [3.8, 4) is 17.0 Å². The van der Waals surface area contributed by atoms with Gasteiger partial charge in [0, 0.05) is 23.6 Å². The SMILES string of the molecule is COC(=O)c1cccc(Nc2c(-c3ccc(OC)cc3)nc3cnccn23)c1. The van der Waals surface area contributed by atoms with Gasteiger partial charge in [-0.2, -0.15) is 0 Å². The highest BCUT2D eigenvalue weighted by atomic mass is 16.5. The Balaban J connectivity index is 1.80. The Bertz CT molecular complexity index is 1140. The third-order valence-electron chi connectivity index (χ3n) is 4.34. The monoisotopic (exact) mass is 374 g/mol. The standard InChI is InChI=1S/C21H18N4O3/c1-27-17-8-6-14(7-9-17)19-20(25-11-10-22-13-18(25)24-19)23-16-5-3-4-15(12-16)21(26)28-2/h3-13,23H,1-2H3. The van der Waals surface area contributed by atoms with Gasteiger partial charge in [0.25, 0.3) is 0 Å². The topological polar surface area (TPSA) is 77.8 Å². The highest BCUT2D eigenvalue weighted by Gasteiger charge is 2.15. The molecule has 0 bridgehead atoms. The van der Waals surface area contributed by atoms with Crippen molar-refractivity contribution < 1.29 is 14.3 Å². The molecule has 0 atom stereocenters. The minimum atomic E-state index is -0.388. The van der Waals surface area contributed by atoms with Gasteiger partial charge in [0.05, 0.1) is 26.0 Å². The fourth-order valence-corrected chi connectivity index (χ4v) is 2.95. The number of hydrogen-bond donors (Lipinski definition) is 1. The smallest absolute Gasteiger partial charge is 0.337 e. The van der Waals surface area contributed by atoms with Crippen molar-refractivity contribution in [1.29, 1.82) is 0 Å². The molecule has 1 N–H and O–H groups in total. The first-order chi connectivity index (χ1) is 13.7. The lowest BCUT2D eigenvalue weighted by atomic mass is 10.1. The number of benzene rings is 2. The summed E-state index contributed by atoms with van der Waals surface area (Å²) < 4.78 is 12.0. The Morgan fingerprint density at radius 1 is 1.11 bits per heavy atom. The molecular formula is C21H18N4O3. The van der Waals surface area contributed by atoms with E-state index in [0.29, 0.717) is 11.2 Å². The molecule has 7 nitrogen and oxygen atoms in total. The van der Waals surface area contributed by atoms with Crippen LogP contribution in [0.25, 0.3) is 16.9 Å². The average molecular weight is 374 g/mol. The number of rotatable bonds is 5. The zero-order valence-corrected chi connectivity index (χ0v) is 15.4. The van der Waals surface area contributed by atoms with Crippen molar-refractivity contribution in [3.63, 3.8) is 0 Å². The predicted octanol–water partition coefficient (Wildman–Crippen LogP) is 3.94. The quantitative estimate of drug-likeness (QED) is 0.533. The Morgan fingerprint density at radius 2 is 1.93 bits per heavy atom. The van der Waals surface area contributed by atoms with Crippen molar-refractivity contribution in [3.05, 3.63) is 72.7 Å². The minimum Gasteiger partial charge on any atom is -0.497 e. The molecule has 0 spiro atoms. The van der Waals surface area contributed by atoms with E-state index in [2.05, 4.69) is 10.3 Å². The summed E-state index contributed by atoms with van der Waals surface area (Å²) in [7, 11) is 2.99. The van der Waals surface area contributed by atoms with Gasteiger partial charge in [-0.1, -0.05) is 6.07 Å². The van der Waals surface area contributed by atoms with Crippen LogP contribution in [0, 0.1) is 0 Å². The van der Waals surface area contributed by atoms with Crippen molar-refractivity contribution in [2.75, 3.05) is 19.5 Å². The molecular weight excluding hydrogens is 356 g/mol. The van der Waals surface area contributed by atoms with Crippen LogP contribution in [0.3, 0.4) is 0 Å². The van der Waals surface area contributed by atoms with Crippen LogP contribution in [0.4, 0.5) is 11.5 Å². The molecule has 0 aliphatic carbocycles. The number of carbonyl (C=O) groups excluding carboxylic acids is 1. The van der Waals surface area contributed by atoms with Gasteiger partial charge >= 0.3 is 5.97 Å². The summed E-state index contributed by atoms with van der Waals surface area (Å²) in [6.07, 6.45) is 5.23. The van der Waals surface area contributed by atoms with Crippen LogP contribution in [0.5, 0.6) is 5.75 Å². The molecule has 2 aromatic carbocycles. The molecule has 0 fully saturated rings. The summed E-state index contributed by atoms with van der Waals surface area (Å²) in [5.74, 6) is 1.15. The molecule has 4 rings (SSSR count). The molecule has 2 aromatic heterocycles. The van der Waals surface area contributed by atoms with E-state index in [1.807, 2.05) is 40.9 Å². The lowest BCUT2D eigenvalue weighted by Crippen LogP contribution is -2.03. The molecule has 2 heterocycles. The van der Waals surface area contributed by atoms with E-state index in [0.717, 1.165) is 28.5 Å². The summed E-state index contributed by atoms with van der Waals surface area (Å²) in [6.45, 7) is 0. The molecule has 0 unspecified atom stereocenters. The Morgan fingerprint density at radius 3 is 2.68 bits per heavy atom. The van der Waals surface area contributed by atoms with Crippen molar-refractivity contribution in [2.45, 2.75) is 0 Å². The highest BCUT2D eigenvalue weighted by Crippen LogP contribution is 2.32. The number of ether oxygens (including phenoxy) is 2. The first kappa shape index (κ1) is 17.5. The minimum absolute atomic E-state index is 0.388. The van der Waals surface area contributed by atoms with E-state index >= 15 is 0 Å². The van der Waals surface area contributed by atoms with Crippen LogP contribution in [0.2, 0.25) is 0 Å². The summed E-state index contributed by atoms with van der Waals surface area (Å²) in [4.78, 5) is 20.7. The van der Waals surface area contributed by atoms with Crippen molar-refractivity contribution in [2.24, 2.45) is 0 Å². The van der Waals surface area contributed by atoms with Gasteiger partial charge in [-0.15, -0.1) is 0 Å². The van der Waals surface area contributed by atoms with Crippen LogP contribution in [-0.4, -0.2) is 34.6 Å². The van der Waals surface area contributed by atoms with Crippen LogP contribution < -0.4 is 10.1 Å². The number of nitrogens with zero attached hydrogens (tertiary/aromatic N) is 3. The van der Waals surface area contributed by atoms with Gasteiger partial charge in [0.2, 0.25) is 0 Å². The van der Waals surface area contributed by atoms with Gasteiger partial charge in [0.15, 0.2) is 5.65 Å². The molecule has 28 heavy (non-hydrogen) atoms. The molecule has 140 valence electrons. The largest absolute Gasteiger partial charge is 0.497 e. The predicted molar refractivity (Wildman–Crippen MR) is 106 cm³/mol. The number of carbonyl (C=O) groups is 1. The Labute approximate surface area is 161 Å². The summed E-state index contributed by atoms with van der Waals surface area (Å²) in [5, 5.41) is 3.38. The third kappa shape index (κ3) is 3.25. The number of nitrogens with one attached hydrogen (secondary N) is 1. The van der Waals surface area contributed by atoms with E-state index < -0.39 is 0 Å². The second-order valence-corrected chi connectivity index (χ2v) is 6.04. The van der Waals surface area contributed by atoms with Crippen molar-refractivity contribution >= 4 is 23.1 Å². The molecule has 7 heteroatoms. The van der Waals surface area contributed by atoms with Gasteiger partial charge in [-0.05, 0) is 42.5 Å². The van der Waals surface area contributed by atoms with Crippen molar-refractivity contribution in [1.82, 2.24) is 14.4 Å². The lowest BCUT2D eigenvalue weighted by Gasteiger charge is -2.10. The van der Waals surface area contributed by atoms with E-state index in [1.165, 1.54) is 7.11 Å². The molecule has 4 aromatic rings. The molecule has 0 aliphatic heterocycles. The number of anilines is 2. The zero-order valence-electron chi connectivity index (χ0n) is 15.4. The number of esters is 1. The number of aromatic nitrogens is 3. The number of fused-ring (bicyclic) bond motifs is 1. The molecule has 0 aliphatic rings. The van der Waals surface area contributed by atoms with Crippen LogP contribution in [0.15, 0.2) is 67.1 Å². The molecule has 0 amide bonds. The van der Waals surface area contributed by atoms with Crippen LogP contribution in [0.1, 0.15) is 10.4 Å². The van der Waals surface area contributed by atoms with Gasteiger partial charge in [-0.3, -0.25) is 9.38 Å². The van der Waals surface area contributed by atoms with E-state index in [-0.39, 0.29) is 5.97 Å². The Hall–Kier alpha value is -3.87. The maximum atomic E-state index is 11.8. The second-order valence-electron chi connectivity index (χ2n) is 6.04. The maximum Gasteiger partial charge on any atom is 0.337 e. The molecule has 0 saturated heterocycles. The van der Waals surface area contributed by atoms with Crippen LogP contribution in [-0.2, 0) is 4.74 Å². The van der Waals surface area contributed by atoms with E-state index in [4.69, 9.17) is 14.5 Å². The van der Waals surface area contributed by atoms with E-state index in [9.17, 15) is 4.79 Å². The van der Waals surface area contributed by atoms with Crippen LogP contribution >= 0.6 is 0 Å². The Kier molecular flexibility index (Phi) is 4.63. The lowest BCUT2D eigenvalue weighted by molar-refractivity contribution is 0.0601. The maximum absolute atomic E-state index is 11.8. The zero-order chi connectivity index (χ0) is 19.5. The third-order valence-corrected chi connectivity index (χ3v) is 4.34. The number of imidazole rings is 1. The van der Waals surface area contributed by atoms with Gasteiger partial charge in [0.1, 0.15) is 17.3 Å². The fraction of sp³-hybridized carbons (Fsp3) is 0.0952. The summed E-state index contributed by atoms with van der Waals surface area (Å²) in [5.41, 5.74) is 3.61. The van der Waals surface area contributed by atoms with Gasteiger partial charge in [-0.25, -0.2) is 9.78 Å². The summed E-state index contributed by atoms with van der Waals surface area (Å²) >= 11 is 0. The number of hydrogen-bond acceptors (Lipinski definition) is 6. The molecule has 0 radical (unpaired) electrons. The second kappa shape index (κ2) is 7.40.